The molecule has 1 heterocycles. The molecule has 1 aromatic carbocycles. The molecule has 0 radical (unpaired) electrons. The molecular weight excluding hydrogens is 338 g/mol. The maximum Gasteiger partial charge on any atom is 0.260 e. The number of ether oxygens (including phenoxy) is 1. The molecule has 0 saturated heterocycles. The van der Waals surface area contributed by atoms with Gasteiger partial charge in [-0.2, -0.15) is 0 Å². The molecule has 20 heavy (non-hydrogen) atoms. The first kappa shape index (κ1) is 15.1. The van der Waals surface area contributed by atoms with E-state index in [-0.39, 0.29) is 12.5 Å². The molecule has 106 valence electrons. The first-order chi connectivity index (χ1) is 9.54. The monoisotopic (exact) mass is 353 g/mol. The molecular formula is C15H16BrNO2S. The highest BCUT2D eigenvalue weighted by Crippen LogP contribution is 2.21. The highest BCUT2D eigenvalue weighted by Gasteiger charge is 2.11. The number of halogens is 1. The molecule has 0 aliphatic heterocycles. The van der Waals surface area contributed by atoms with Crippen LogP contribution in [0.25, 0.3) is 0 Å². The van der Waals surface area contributed by atoms with Crippen LogP contribution in [0.2, 0.25) is 0 Å². The van der Waals surface area contributed by atoms with Crippen LogP contribution in [0.5, 0.6) is 5.75 Å². The van der Waals surface area contributed by atoms with E-state index in [9.17, 15) is 4.79 Å². The van der Waals surface area contributed by atoms with Crippen molar-refractivity contribution < 1.29 is 9.53 Å². The van der Waals surface area contributed by atoms with Crippen molar-refractivity contribution in [2.45, 2.75) is 13.5 Å². The van der Waals surface area contributed by atoms with Crippen molar-refractivity contribution in [2.75, 3.05) is 13.7 Å². The lowest BCUT2D eigenvalue weighted by molar-refractivity contribution is -0.132. The van der Waals surface area contributed by atoms with Gasteiger partial charge in [0.25, 0.3) is 5.91 Å². The van der Waals surface area contributed by atoms with Crippen molar-refractivity contribution in [2.24, 2.45) is 0 Å². The Morgan fingerprint density at radius 3 is 2.85 bits per heavy atom. The van der Waals surface area contributed by atoms with E-state index < -0.39 is 0 Å². The molecule has 0 spiro atoms. The van der Waals surface area contributed by atoms with Crippen LogP contribution in [-0.2, 0) is 11.3 Å². The number of aryl methyl sites for hydroxylation is 1. The SMILES string of the molecule is Cc1cccc(OCC(=O)N(C)Cc2cc(Br)cs2)c1. The average Bonchev–Trinajstić information content (AvgIpc) is 2.81. The quantitative estimate of drug-likeness (QED) is 0.816. The Labute approximate surface area is 131 Å². The summed E-state index contributed by atoms with van der Waals surface area (Å²) in [5, 5.41) is 2.01. The number of hydrogen-bond donors (Lipinski definition) is 0. The van der Waals surface area contributed by atoms with Gasteiger partial charge in [0, 0.05) is 21.8 Å². The van der Waals surface area contributed by atoms with Crippen LogP contribution < -0.4 is 4.74 Å². The average molecular weight is 354 g/mol. The van der Waals surface area contributed by atoms with E-state index in [1.165, 1.54) is 0 Å². The van der Waals surface area contributed by atoms with E-state index in [1.807, 2.05) is 42.6 Å². The van der Waals surface area contributed by atoms with Crippen LogP contribution in [0.3, 0.4) is 0 Å². The van der Waals surface area contributed by atoms with Gasteiger partial charge in [-0.3, -0.25) is 4.79 Å². The topological polar surface area (TPSA) is 29.5 Å². The van der Waals surface area contributed by atoms with Crippen molar-refractivity contribution in [3.05, 3.63) is 50.6 Å². The predicted molar refractivity (Wildman–Crippen MR) is 85.2 cm³/mol. The number of carbonyl (C=O) groups excluding carboxylic acids is 1. The standard InChI is InChI=1S/C15H16BrNO2S/c1-11-4-3-5-13(6-11)19-9-15(18)17(2)8-14-7-12(16)10-20-14/h3-7,10H,8-9H2,1-2H3. The molecule has 0 fully saturated rings. The third-order valence-corrected chi connectivity index (χ3v) is 4.47. The van der Waals surface area contributed by atoms with Gasteiger partial charge in [0.05, 0.1) is 6.54 Å². The number of rotatable bonds is 5. The summed E-state index contributed by atoms with van der Waals surface area (Å²) in [4.78, 5) is 14.8. The van der Waals surface area contributed by atoms with Gasteiger partial charge in [0.1, 0.15) is 5.75 Å². The number of thiophene rings is 1. The summed E-state index contributed by atoms with van der Waals surface area (Å²) in [5.41, 5.74) is 1.12. The number of likely N-dealkylation sites (N-methyl/N-ethyl adjacent to an activating group) is 1. The zero-order valence-electron chi connectivity index (χ0n) is 11.4. The molecule has 2 aromatic rings. The number of carbonyl (C=O) groups is 1. The summed E-state index contributed by atoms with van der Waals surface area (Å²) in [6.45, 7) is 2.66. The highest BCUT2D eigenvalue weighted by molar-refractivity contribution is 9.10. The molecule has 5 heteroatoms. The lowest BCUT2D eigenvalue weighted by Crippen LogP contribution is -2.30. The van der Waals surface area contributed by atoms with Gasteiger partial charge in [-0.15, -0.1) is 11.3 Å². The number of hydrogen-bond acceptors (Lipinski definition) is 3. The van der Waals surface area contributed by atoms with Crippen LogP contribution in [0, 0.1) is 6.92 Å². The highest BCUT2D eigenvalue weighted by atomic mass is 79.9. The van der Waals surface area contributed by atoms with Gasteiger partial charge in [-0.05, 0) is 46.6 Å². The van der Waals surface area contributed by atoms with Crippen molar-refractivity contribution in [1.82, 2.24) is 4.90 Å². The number of benzene rings is 1. The lowest BCUT2D eigenvalue weighted by atomic mass is 10.2. The van der Waals surface area contributed by atoms with Crippen molar-refractivity contribution >= 4 is 33.2 Å². The van der Waals surface area contributed by atoms with E-state index in [0.29, 0.717) is 6.54 Å². The van der Waals surface area contributed by atoms with E-state index in [0.717, 1.165) is 20.7 Å². The first-order valence-electron chi connectivity index (χ1n) is 6.21. The third-order valence-electron chi connectivity index (χ3n) is 2.79. The van der Waals surface area contributed by atoms with Gasteiger partial charge < -0.3 is 9.64 Å². The number of amides is 1. The Morgan fingerprint density at radius 1 is 1.40 bits per heavy atom. The second-order valence-electron chi connectivity index (χ2n) is 4.59. The molecule has 1 aromatic heterocycles. The third kappa shape index (κ3) is 4.35. The Balaban J connectivity index is 1.85. The summed E-state index contributed by atoms with van der Waals surface area (Å²) in [7, 11) is 1.79. The summed E-state index contributed by atoms with van der Waals surface area (Å²) in [6, 6.07) is 9.72. The van der Waals surface area contributed by atoms with Crippen molar-refractivity contribution in [3.63, 3.8) is 0 Å². The van der Waals surface area contributed by atoms with Crippen LogP contribution in [0.1, 0.15) is 10.4 Å². The first-order valence-corrected chi connectivity index (χ1v) is 7.88. The van der Waals surface area contributed by atoms with E-state index in [4.69, 9.17) is 4.74 Å². The van der Waals surface area contributed by atoms with Gasteiger partial charge in [-0.25, -0.2) is 0 Å². The molecule has 0 aliphatic carbocycles. The van der Waals surface area contributed by atoms with Crippen LogP contribution in [0.15, 0.2) is 40.2 Å². The van der Waals surface area contributed by atoms with Crippen molar-refractivity contribution in [3.8, 4) is 5.75 Å². The second-order valence-corrected chi connectivity index (χ2v) is 6.50. The molecule has 0 bridgehead atoms. The van der Waals surface area contributed by atoms with Gasteiger partial charge in [0.15, 0.2) is 6.61 Å². The molecule has 0 aliphatic rings. The second kappa shape index (κ2) is 6.90. The molecule has 3 nitrogen and oxygen atoms in total. The van der Waals surface area contributed by atoms with Crippen LogP contribution in [0.4, 0.5) is 0 Å². The Bertz CT molecular complexity index is 597. The van der Waals surface area contributed by atoms with Crippen LogP contribution in [-0.4, -0.2) is 24.5 Å². The molecule has 2 rings (SSSR count). The van der Waals surface area contributed by atoms with Crippen LogP contribution >= 0.6 is 27.3 Å². The Hall–Kier alpha value is -1.33. The van der Waals surface area contributed by atoms with Gasteiger partial charge in [-0.1, -0.05) is 12.1 Å². The number of nitrogens with zero attached hydrogens (tertiary/aromatic N) is 1. The maximum atomic E-state index is 12.0. The zero-order chi connectivity index (χ0) is 14.5. The maximum absolute atomic E-state index is 12.0. The molecule has 0 unspecified atom stereocenters. The minimum Gasteiger partial charge on any atom is -0.484 e. The van der Waals surface area contributed by atoms with E-state index in [1.54, 1.807) is 23.3 Å². The Morgan fingerprint density at radius 2 is 2.20 bits per heavy atom. The predicted octanol–water partition coefficient (Wildman–Crippen LogP) is 3.86. The minimum absolute atomic E-state index is 0.0315. The molecule has 0 N–H and O–H groups in total. The Kier molecular flexibility index (Phi) is 5.20. The smallest absolute Gasteiger partial charge is 0.260 e. The van der Waals surface area contributed by atoms with Gasteiger partial charge in [0.2, 0.25) is 0 Å². The van der Waals surface area contributed by atoms with E-state index >= 15 is 0 Å². The molecule has 0 atom stereocenters. The summed E-state index contributed by atoms with van der Waals surface area (Å²) in [6.07, 6.45) is 0. The summed E-state index contributed by atoms with van der Waals surface area (Å²) in [5.74, 6) is 0.696. The minimum atomic E-state index is -0.0315. The lowest BCUT2D eigenvalue weighted by Gasteiger charge is -2.16. The summed E-state index contributed by atoms with van der Waals surface area (Å²) < 4.78 is 6.57. The van der Waals surface area contributed by atoms with E-state index in [2.05, 4.69) is 15.9 Å². The molecule has 1 amide bonds. The largest absolute Gasteiger partial charge is 0.484 e. The summed E-state index contributed by atoms with van der Waals surface area (Å²) >= 11 is 5.04. The fourth-order valence-corrected chi connectivity index (χ4v) is 3.22. The van der Waals surface area contributed by atoms with Gasteiger partial charge >= 0.3 is 0 Å². The zero-order valence-corrected chi connectivity index (χ0v) is 13.8. The van der Waals surface area contributed by atoms with Crippen molar-refractivity contribution in [1.29, 1.82) is 0 Å². The molecule has 0 saturated carbocycles. The normalized spacial score (nSPS) is 10.3. The fraction of sp³-hybridized carbons (Fsp3) is 0.267. The fourth-order valence-electron chi connectivity index (χ4n) is 1.72.